The highest BCUT2D eigenvalue weighted by molar-refractivity contribution is 5.95. The summed E-state index contributed by atoms with van der Waals surface area (Å²) in [7, 11) is 1.60. The molecule has 0 radical (unpaired) electrons. The van der Waals surface area contributed by atoms with Gasteiger partial charge in [0, 0.05) is 31.3 Å². The Morgan fingerprint density at radius 3 is 2.81 bits per heavy atom. The molecule has 2 heterocycles. The van der Waals surface area contributed by atoms with Gasteiger partial charge in [0.2, 0.25) is 5.91 Å². The van der Waals surface area contributed by atoms with Crippen molar-refractivity contribution in [1.82, 2.24) is 20.0 Å². The fourth-order valence-corrected chi connectivity index (χ4v) is 3.38. The summed E-state index contributed by atoms with van der Waals surface area (Å²) in [5, 5.41) is 7.10. The summed E-state index contributed by atoms with van der Waals surface area (Å²) in [5.74, 6) is -0.163. The van der Waals surface area contributed by atoms with Gasteiger partial charge in [0.1, 0.15) is 0 Å². The molecule has 1 fully saturated rings. The number of morpholine rings is 1. The van der Waals surface area contributed by atoms with E-state index >= 15 is 0 Å². The molecule has 0 saturated carbocycles. The third kappa shape index (κ3) is 4.54. The highest BCUT2D eigenvalue weighted by Gasteiger charge is 2.29. The van der Waals surface area contributed by atoms with Crippen LogP contribution in [0.3, 0.4) is 0 Å². The number of ether oxygens (including phenoxy) is 1. The lowest BCUT2D eigenvalue weighted by Crippen LogP contribution is -2.50. The van der Waals surface area contributed by atoms with Crippen molar-refractivity contribution in [1.29, 1.82) is 0 Å². The van der Waals surface area contributed by atoms with Crippen LogP contribution in [0.25, 0.3) is 0 Å². The van der Waals surface area contributed by atoms with Crippen molar-refractivity contribution < 1.29 is 14.3 Å². The highest BCUT2D eigenvalue weighted by atomic mass is 16.5. The van der Waals surface area contributed by atoms with Gasteiger partial charge >= 0.3 is 0 Å². The van der Waals surface area contributed by atoms with Gasteiger partial charge in [0.05, 0.1) is 31.5 Å². The van der Waals surface area contributed by atoms with Gasteiger partial charge in [0.15, 0.2) is 0 Å². The van der Waals surface area contributed by atoms with Crippen LogP contribution >= 0.6 is 0 Å². The van der Waals surface area contributed by atoms with E-state index in [0.717, 1.165) is 17.0 Å². The monoisotopic (exact) mass is 370 g/mol. The molecule has 1 saturated heterocycles. The minimum Gasteiger partial charge on any atom is -0.377 e. The van der Waals surface area contributed by atoms with Gasteiger partial charge in [-0.15, -0.1) is 0 Å². The number of carbonyl (C=O) groups excluding carboxylic acids is 2. The Kier molecular flexibility index (Phi) is 5.91. The van der Waals surface area contributed by atoms with Crippen molar-refractivity contribution in [3.8, 4) is 0 Å². The highest BCUT2D eigenvalue weighted by Crippen LogP contribution is 2.17. The van der Waals surface area contributed by atoms with Gasteiger partial charge in [-0.05, 0) is 37.6 Å². The molecule has 1 atom stereocenters. The fourth-order valence-electron chi connectivity index (χ4n) is 3.38. The summed E-state index contributed by atoms with van der Waals surface area (Å²) in [6.45, 7) is 5.96. The van der Waals surface area contributed by atoms with Gasteiger partial charge in [-0.2, -0.15) is 5.10 Å². The van der Waals surface area contributed by atoms with Crippen molar-refractivity contribution in [2.24, 2.45) is 0 Å². The Hall–Kier alpha value is -2.67. The maximum Gasteiger partial charge on any atom is 0.254 e. The average Bonchev–Trinajstić information content (AvgIpc) is 2.98. The quantitative estimate of drug-likeness (QED) is 0.866. The Balaban J connectivity index is 1.77. The molecule has 2 amide bonds. The average molecular weight is 370 g/mol. The van der Waals surface area contributed by atoms with Crippen molar-refractivity contribution in [3.63, 3.8) is 0 Å². The summed E-state index contributed by atoms with van der Waals surface area (Å²) >= 11 is 0. The molecule has 1 aliphatic heterocycles. The van der Waals surface area contributed by atoms with E-state index in [1.54, 1.807) is 11.9 Å². The minimum absolute atomic E-state index is 0.0672. The number of rotatable bonds is 5. The van der Waals surface area contributed by atoms with Crippen molar-refractivity contribution in [2.45, 2.75) is 32.9 Å². The van der Waals surface area contributed by atoms with Gasteiger partial charge in [-0.3, -0.25) is 14.3 Å². The lowest BCUT2D eigenvalue weighted by atomic mass is 10.1. The molecule has 27 heavy (non-hydrogen) atoms. The second kappa shape index (κ2) is 8.35. The number of nitrogens with zero attached hydrogens (tertiary/aromatic N) is 3. The van der Waals surface area contributed by atoms with Crippen LogP contribution in [0.1, 0.15) is 33.7 Å². The molecule has 0 spiro atoms. The molecule has 7 heteroatoms. The summed E-state index contributed by atoms with van der Waals surface area (Å²) in [6, 6.07) is 9.40. The van der Waals surface area contributed by atoms with Gasteiger partial charge in [-0.1, -0.05) is 12.1 Å². The largest absolute Gasteiger partial charge is 0.377 e. The number of carbonyl (C=O) groups is 2. The van der Waals surface area contributed by atoms with Crippen LogP contribution in [0.5, 0.6) is 0 Å². The van der Waals surface area contributed by atoms with Gasteiger partial charge in [0.25, 0.3) is 5.91 Å². The Morgan fingerprint density at radius 2 is 2.11 bits per heavy atom. The lowest BCUT2D eigenvalue weighted by Gasteiger charge is -2.35. The molecule has 1 aromatic carbocycles. The standard InChI is InChI=1S/C20H26N4O3/c1-14-9-15(2)24(22-14)12-16-5-4-6-17(10-16)20(26)23-7-8-27-13-18(23)11-19(25)21-3/h4-6,9-10,18H,7-8,11-13H2,1-3H3,(H,21,25). The maximum absolute atomic E-state index is 13.1. The SMILES string of the molecule is CNC(=O)CC1COCCN1C(=O)c1cccc(Cn2nc(C)cc2C)c1. The zero-order valence-corrected chi connectivity index (χ0v) is 16.1. The number of hydrogen-bond donors (Lipinski definition) is 1. The van der Waals surface area contributed by atoms with Crippen LogP contribution < -0.4 is 5.32 Å². The van der Waals surface area contributed by atoms with E-state index < -0.39 is 0 Å². The third-order valence-corrected chi connectivity index (χ3v) is 4.80. The van der Waals surface area contributed by atoms with Crippen molar-refractivity contribution in [2.75, 3.05) is 26.8 Å². The summed E-state index contributed by atoms with van der Waals surface area (Å²) in [4.78, 5) is 26.6. The molecule has 1 aromatic heterocycles. The predicted molar refractivity (Wildman–Crippen MR) is 102 cm³/mol. The summed E-state index contributed by atoms with van der Waals surface area (Å²) in [6.07, 6.45) is 0.244. The molecule has 2 aromatic rings. The summed E-state index contributed by atoms with van der Waals surface area (Å²) in [5.41, 5.74) is 3.70. The number of amides is 2. The molecular formula is C20H26N4O3. The van der Waals surface area contributed by atoms with Crippen molar-refractivity contribution >= 4 is 11.8 Å². The number of benzene rings is 1. The predicted octanol–water partition coefficient (Wildman–Crippen LogP) is 1.53. The molecule has 7 nitrogen and oxygen atoms in total. The van der Waals surface area contributed by atoms with E-state index in [1.165, 1.54) is 0 Å². The first kappa shape index (κ1) is 19.1. The Labute approximate surface area is 159 Å². The fraction of sp³-hybridized carbons (Fsp3) is 0.450. The maximum atomic E-state index is 13.1. The third-order valence-electron chi connectivity index (χ3n) is 4.80. The van der Waals surface area contributed by atoms with Crippen LogP contribution in [0.2, 0.25) is 0 Å². The topological polar surface area (TPSA) is 76.5 Å². The van der Waals surface area contributed by atoms with E-state index in [0.29, 0.717) is 31.9 Å². The summed E-state index contributed by atoms with van der Waals surface area (Å²) < 4.78 is 7.41. The van der Waals surface area contributed by atoms with E-state index in [2.05, 4.69) is 10.4 Å². The van der Waals surface area contributed by atoms with E-state index in [4.69, 9.17) is 4.74 Å². The first-order valence-corrected chi connectivity index (χ1v) is 9.17. The second-order valence-electron chi connectivity index (χ2n) is 6.89. The van der Waals surface area contributed by atoms with Crippen molar-refractivity contribution in [3.05, 3.63) is 52.8 Å². The smallest absolute Gasteiger partial charge is 0.254 e. The van der Waals surface area contributed by atoms with E-state index in [-0.39, 0.29) is 24.3 Å². The molecule has 1 aliphatic rings. The molecule has 0 aliphatic carbocycles. The molecule has 1 N–H and O–H groups in total. The molecule has 3 rings (SSSR count). The van der Waals surface area contributed by atoms with E-state index in [1.807, 2.05) is 48.9 Å². The second-order valence-corrected chi connectivity index (χ2v) is 6.89. The van der Waals surface area contributed by atoms with Gasteiger partial charge < -0.3 is 15.0 Å². The minimum atomic E-state index is -0.245. The number of hydrogen-bond acceptors (Lipinski definition) is 4. The normalized spacial score (nSPS) is 17.0. The van der Waals surface area contributed by atoms with E-state index in [9.17, 15) is 9.59 Å². The molecule has 144 valence electrons. The van der Waals surface area contributed by atoms with Gasteiger partial charge in [-0.25, -0.2) is 0 Å². The first-order chi connectivity index (χ1) is 13.0. The zero-order chi connectivity index (χ0) is 19.4. The Bertz CT molecular complexity index is 830. The first-order valence-electron chi connectivity index (χ1n) is 9.17. The number of aryl methyl sites for hydroxylation is 2. The lowest BCUT2D eigenvalue weighted by molar-refractivity contribution is -0.123. The Morgan fingerprint density at radius 1 is 1.30 bits per heavy atom. The van der Waals surface area contributed by atoms with Crippen LogP contribution in [-0.2, 0) is 16.1 Å². The molecule has 0 bridgehead atoms. The van der Waals surface area contributed by atoms with Crippen LogP contribution in [0.4, 0.5) is 0 Å². The molecular weight excluding hydrogens is 344 g/mol. The number of aromatic nitrogens is 2. The van der Waals surface area contributed by atoms with Crippen LogP contribution in [0.15, 0.2) is 30.3 Å². The number of nitrogens with one attached hydrogen (secondary N) is 1. The van der Waals surface area contributed by atoms with Crippen LogP contribution in [0, 0.1) is 13.8 Å². The zero-order valence-electron chi connectivity index (χ0n) is 16.1. The molecule has 1 unspecified atom stereocenters. The van der Waals surface area contributed by atoms with Crippen LogP contribution in [-0.4, -0.2) is 59.3 Å².